The Bertz CT molecular complexity index is 356. The van der Waals surface area contributed by atoms with Crippen LogP contribution in [0.5, 0.6) is 0 Å². The van der Waals surface area contributed by atoms with Crippen LogP contribution in [0.2, 0.25) is 0 Å². The van der Waals surface area contributed by atoms with Crippen LogP contribution >= 0.6 is 0 Å². The van der Waals surface area contributed by atoms with Crippen LogP contribution in [0.15, 0.2) is 10.5 Å². The van der Waals surface area contributed by atoms with Gasteiger partial charge in [0.15, 0.2) is 0 Å². The molecular weight excluding hydrogens is 224 g/mol. The van der Waals surface area contributed by atoms with Gasteiger partial charge in [-0.15, -0.1) is 0 Å². The van der Waals surface area contributed by atoms with Gasteiger partial charge in [-0.2, -0.15) is 0 Å². The van der Waals surface area contributed by atoms with Gasteiger partial charge < -0.3 is 19.0 Å². The molecule has 0 fully saturated rings. The lowest BCUT2D eigenvalue weighted by molar-refractivity contribution is 0.0341. The van der Waals surface area contributed by atoms with Crippen LogP contribution in [-0.4, -0.2) is 30.9 Å². The molecule has 0 bridgehead atoms. The van der Waals surface area contributed by atoms with Crippen molar-refractivity contribution in [2.45, 2.75) is 26.9 Å². The second kappa shape index (κ2) is 7.09. The average molecular weight is 242 g/mol. The lowest BCUT2D eigenvalue weighted by Crippen LogP contribution is -2.04. The summed E-state index contributed by atoms with van der Waals surface area (Å²) in [5, 5.41) is 8.79. The molecule has 5 nitrogen and oxygen atoms in total. The van der Waals surface area contributed by atoms with Crippen LogP contribution in [-0.2, 0) is 16.1 Å². The van der Waals surface area contributed by atoms with Gasteiger partial charge in [0.2, 0.25) is 5.76 Å². The summed E-state index contributed by atoms with van der Waals surface area (Å²) >= 11 is 0. The first-order valence-corrected chi connectivity index (χ1v) is 5.63. The van der Waals surface area contributed by atoms with E-state index in [4.69, 9.17) is 19.0 Å². The van der Waals surface area contributed by atoms with Crippen molar-refractivity contribution >= 4 is 5.97 Å². The number of carboxylic acids is 1. The van der Waals surface area contributed by atoms with Gasteiger partial charge in [-0.05, 0) is 19.4 Å². The third kappa shape index (κ3) is 4.58. The lowest BCUT2D eigenvalue weighted by atomic mass is 10.3. The van der Waals surface area contributed by atoms with Crippen molar-refractivity contribution in [1.29, 1.82) is 0 Å². The Balaban J connectivity index is 2.27. The number of carboxylic acid groups (broad SMARTS) is 1. The highest BCUT2D eigenvalue weighted by molar-refractivity contribution is 5.86. The van der Waals surface area contributed by atoms with Crippen molar-refractivity contribution in [2.24, 2.45) is 0 Å². The normalized spacial score (nSPS) is 10.7. The van der Waals surface area contributed by atoms with Crippen molar-refractivity contribution < 1.29 is 23.8 Å². The molecule has 5 heteroatoms. The van der Waals surface area contributed by atoms with Gasteiger partial charge in [-0.3, -0.25) is 0 Å². The second-order valence-corrected chi connectivity index (χ2v) is 3.69. The number of aromatic carboxylic acids is 1. The molecule has 0 unspecified atom stereocenters. The van der Waals surface area contributed by atoms with E-state index in [9.17, 15) is 4.79 Å². The smallest absolute Gasteiger partial charge is 0.372 e. The van der Waals surface area contributed by atoms with Gasteiger partial charge in [0.1, 0.15) is 12.4 Å². The van der Waals surface area contributed by atoms with E-state index in [0.29, 0.717) is 24.5 Å². The molecule has 1 heterocycles. The highest BCUT2D eigenvalue weighted by Gasteiger charge is 2.13. The number of carbonyl (C=O) groups is 1. The largest absolute Gasteiger partial charge is 0.475 e. The van der Waals surface area contributed by atoms with Crippen LogP contribution < -0.4 is 0 Å². The molecule has 0 radical (unpaired) electrons. The molecule has 1 N–H and O–H groups in total. The topological polar surface area (TPSA) is 68.9 Å². The Morgan fingerprint density at radius 1 is 1.35 bits per heavy atom. The number of rotatable bonds is 8. The SMILES string of the molecule is CCCOCCOCc1cc(C)c(C(=O)O)o1. The Labute approximate surface area is 100 Å². The fourth-order valence-electron chi connectivity index (χ4n) is 1.37. The average Bonchev–Trinajstić information content (AvgIpc) is 2.65. The van der Waals surface area contributed by atoms with E-state index < -0.39 is 5.97 Å². The van der Waals surface area contributed by atoms with E-state index in [1.807, 2.05) is 6.92 Å². The second-order valence-electron chi connectivity index (χ2n) is 3.69. The monoisotopic (exact) mass is 242 g/mol. The molecule has 0 spiro atoms. The summed E-state index contributed by atoms with van der Waals surface area (Å²) in [7, 11) is 0. The Hall–Kier alpha value is -1.33. The number of hydrogen-bond donors (Lipinski definition) is 1. The summed E-state index contributed by atoms with van der Waals surface area (Å²) < 4.78 is 15.7. The van der Waals surface area contributed by atoms with E-state index in [2.05, 4.69) is 0 Å². The van der Waals surface area contributed by atoms with Crippen LogP contribution in [0.4, 0.5) is 0 Å². The molecule has 0 saturated carbocycles. The maximum atomic E-state index is 10.7. The van der Waals surface area contributed by atoms with Crippen molar-refractivity contribution in [3.05, 3.63) is 23.2 Å². The molecule has 96 valence electrons. The third-order valence-electron chi connectivity index (χ3n) is 2.13. The number of furan rings is 1. The first kappa shape index (κ1) is 13.7. The van der Waals surface area contributed by atoms with E-state index in [1.54, 1.807) is 13.0 Å². The Kier molecular flexibility index (Phi) is 5.72. The van der Waals surface area contributed by atoms with Gasteiger partial charge >= 0.3 is 5.97 Å². The molecule has 0 aliphatic carbocycles. The molecule has 0 amide bonds. The Morgan fingerprint density at radius 2 is 2.06 bits per heavy atom. The van der Waals surface area contributed by atoms with Crippen LogP contribution in [0.25, 0.3) is 0 Å². The summed E-state index contributed by atoms with van der Waals surface area (Å²) in [6.07, 6.45) is 0.985. The molecule has 0 aliphatic heterocycles. The molecule has 0 aliphatic rings. The van der Waals surface area contributed by atoms with Crippen molar-refractivity contribution in [2.75, 3.05) is 19.8 Å². The fraction of sp³-hybridized carbons (Fsp3) is 0.583. The molecular formula is C12H18O5. The number of aryl methyl sites for hydroxylation is 1. The summed E-state index contributed by atoms with van der Waals surface area (Å²) in [6, 6.07) is 1.68. The van der Waals surface area contributed by atoms with Gasteiger partial charge in [-0.1, -0.05) is 6.92 Å². The molecule has 0 saturated heterocycles. The minimum absolute atomic E-state index is 0.0224. The van der Waals surface area contributed by atoms with E-state index in [-0.39, 0.29) is 12.4 Å². The van der Waals surface area contributed by atoms with Gasteiger partial charge in [0.25, 0.3) is 0 Å². The molecule has 1 rings (SSSR count). The van der Waals surface area contributed by atoms with Gasteiger partial charge in [0, 0.05) is 12.2 Å². The molecule has 1 aromatic rings. The van der Waals surface area contributed by atoms with E-state index in [1.165, 1.54) is 0 Å². The van der Waals surface area contributed by atoms with Crippen LogP contribution in [0.1, 0.15) is 35.2 Å². The van der Waals surface area contributed by atoms with Crippen molar-refractivity contribution in [3.63, 3.8) is 0 Å². The zero-order chi connectivity index (χ0) is 12.7. The maximum absolute atomic E-state index is 10.7. The number of ether oxygens (including phenoxy) is 2. The standard InChI is InChI=1S/C12H18O5/c1-3-4-15-5-6-16-8-10-7-9(2)11(17-10)12(13)14/h7H,3-6,8H2,1-2H3,(H,13,14). The highest BCUT2D eigenvalue weighted by Crippen LogP contribution is 2.15. The van der Waals surface area contributed by atoms with Gasteiger partial charge in [-0.25, -0.2) is 4.79 Å². The molecule has 1 aromatic heterocycles. The minimum Gasteiger partial charge on any atom is -0.475 e. The summed E-state index contributed by atoms with van der Waals surface area (Å²) in [4.78, 5) is 10.7. The maximum Gasteiger partial charge on any atom is 0.372 e. The van der Waals surface area contributed by atoms with Crippen LogP contribution in [0.3, 0.4) is 0 Å². The fourth-order valence-corrected chi connectivity index (χ4v) is 1.37. The molecule has 0 atom stereocenters. The zero-order valence-corrected chi connectivity index (χ0v) is 10.2. The molecule has 0 aromatic carbocycles. The Morgan fingerprint density at radius 3 is 2.65 bits per heavy atom. The van der Waals surface area contributed by atoms with Crippen LogP contribution in [0, 0.1) is 6.92 Å². The number of hydrogen-bond acceptors (Lipinski definition) is 4. The summed E-state index contributed by atoms with van der Waals surface area (Å²) in [5.41, 5.74) is 0.610. The van der Waals surface area contributed by atoms with Crippen molar-refractivity contribution in [1.82, 2.24) is 0 Å². The van der Waals surface area contributed by atoms with Crippen molar-refractivity contribution in [3.8, 4) is 0 Å². The highest BCUT2D eigenvalue weighted by atomic mass is 16.5. The third-order valence-corrected chi connectivity index (χ3v) is 2.13. The van der Waals surface area contributed by atoms with E-state index >= 15 is 0 Å². The summed E-state index contributed by atoms with van der Waals surface area (Å²) in [6.45, 7) is 5.75. The first-order valence-electron chi connectivity index (χ1n) is 5.63. The lowest BCUT2D eigenvalue weighted by Gasteiger charge is -2.02. The van der Waals surface area contributed by atoms with Gasteiger partial charge in [0.05, 0.1) is 13.2 Å². The minimum atomic E-state index is -1.06. The predicted octanol–water partition coefficient (Wildman–Crippen LogP) is 2.23. The quantitative estimate of drug-likeness (QED) is 0.708. The zero-order valence-electron chi connectivity index (χ0n) is 10.2. The van der Waals surface area contributed by atoms with E-state index in [0.717, 1.165) is 13.0 Å². The summed E-state index contributed by atoms with van der Waals surface area (Å²) in [5.74, 6) is -0.554. The molecule has 17 heavy (non-hydrogen) atoms. The first-order chi connectivity index (χ1) is 8.15. The predicted molar refractivity (Wildman–Crippen MR) is 61.2 cm³/mol.